The van der Waals surface area contributed by atoms with E-state index in [-0.39, 0.29) is 0 Å². The van der Waals surface area contributed by atoms with E-state index in [0.717, 1.165) is 18.9 Å². The lowest BCUT2D eigenvalue weighted by Crippen LogP contribution is -2.25. The summed E-state index contributed by atoms with van der Waals surface area (Å²) in [5.41, 5.74) is 3.42. The third-order valence-electron chi connectivity index (χ3n) is 4.74. The van der Waals surface area contributed by atoms with E-state index in [4.69, 9.17) is 4.98 Å². The summed E-state index contributed by atoms with van der Waals surface area (Å²) in [6, 6.07) is 0. The molecule has 0 aromatic carbocycles. The minimum absolute atomic E-state index is 0.633. The van der Waals surface area contributed by atoms with E-state index < -0.39 is 0 Å². The smallest absolute Gasteiger partial charge is 0.120 e. The Bertz CT molecular complexity index is 402. The van der Waals surface area contributed by atoms with E-state index in [9.17, 15) is 0 Å². The molecule has 3 rings (SSSR count). The van der Waals surface area contributed by atoms with Crippen LogP contribution in [0.25, 0.3) is 0 Å². The number of H-pyrrole nitrogens is 1. The average Bonchev–Trinajstić information content (AvgIpc) is 2.97. The minimum atomic E-state index is 0.633. The Morgan fingerprint density at radius 1 is 1.28 bits per heavy atom. The van der Waals surface area contributed by atoms with E-state index in [2.05, 4.69) is 17.2 Å². The van der Waals surface area contributed by atoms with Crippen LogP contribution in [0.4, 0.5) is 0 Å². The van der Waals surface area contributed by atoms with Gasteiger partial charge in [-0.05, 0) is 50.5 Å². The molecule has 1 aromatic heterocycles. The van der Waals surface area contributed by atoms with Gasteiger partial charge in [0.2, 0.25) is 0 Å². The van der Waals surface area contributed by atoms with Gasteiger partial charge in [-0.3, -0.25) is 0 Å². The van der Waals surface area contributed by atoms with Gasteiger partial charge in [0.1, 0.15) is 5.82 Å². The van der Waals surface area contributed by atoms with Crippen molar-refractivity contribution in [3.05, 3.63) is 17.2 Å². The molecule has 2 aliphatic rings. The zero-order valence-electron chi connectivity index (χ0n) is 11.5. The van der Waals surface area contributed by atoms with Crippen molar-refractivity contribution in [3.8, 4) is 0 Å². The fraction of sp³-hybridized carbons (Fsp3) is 0.800. The van der Waals surface area contributed by atoms with Gasteiger partial charge >= 0.3 is 0 Å². The highest BCUT2D eigenvalue weighted by molar-refractivity contribution is 5.21. The second kappa shape index (κ2) is 5.04. The summed E-state index contributed by atoms with van der Waals surface area (Å²) in [7, 11) is 0. The molecule has 1 saturated carbocycles. The zero-order chi connectivity index (χ0) is 12.4. The molecule has 3 heteroatoms. The first-order valence-corrected chi connectivity index (χ1v) is 7.59. The quantitative estimate of drug-likeness (QED) is 0.803. The highest BCUT2D eigenvalue weighted by atomic mass is 15.0. The van der Waals surface area contributed by atoms with E-state index in [1.54, 1.807) is 0 Å². The summed E-state index contributed by atoms with van der Waals surface area (Å²) < 4.78 is 0. The van der Waals surface area contributed by atoms with Crippen LogP contribution in [-0.4, -0.2) is 16.5 Å². The normalized spacial score (nSPS) is 21.4. The molecule has 0 unspecified atom stereocenters. The molecule has 2 N–H and O–H groups in total. The number of rotatable bonds is 4. The molecule has 1 heterocycles. The lowest BCUT2D eigenvalue weighted by Gasteiger charge is -2.32. The maximum atomic E-state index is 4.76. The van der Waals surface area contributed by atoms with Crippen LogP contribution >= 0.6 is 0 Å². The van der Waals surface area contributed by atoms with Gasteiger partial charge in [-0.15, -0.1) is 0 Å². The largest absolute Gasteiger partial charge is 0.345 e. The van der Waals surface area contributed by atoms with Crippen LogP contribution in [0.5, 0.6) is 0 Å². The van der Waals surface area contributed by atoms with Crippen molar-refractivity contribution in [3.63, 3.8) is 0 Å². The third-order valence-corrected chi connectivity index (χ3v) is 4.74. The molecule has 1 fully saturated rings. The van der Waals surface area contributed by atoms with E-state index in [0.29, 0.717) is 5.41 Å². The van der Waals surface area contributed by atoms with Crippen LogP contribution in [-0.2, 0) is 19.4 Å². The summed E-state index contributed by atoms with van der Waals surface area (Å²) in [5.74, 6) is 1.14. The molecule has 2 aliphatic carbocycles. The maximum absolute atomic E-state index is 4.76. The monoisotopic (exact) mass is 247 g/mol. The molecule has 0 bridgehead atoms. The molecular formula is C15H25N3. The highest BCUT2D eigenvalue weighted by Gasteiger charge is 2.38. The van der Waals surface area contributed by atoms with Crippen molar-refractivity contribution in [2.75, 3.05) is 6.54 Å². The summed E-state index contributed by atoms with van der Waals surface area (Å²) in [6.07, 6.45) is 10.8. The first-order valence-electron chi connectivity index (χ1n) is 7.59. The average molecular weight is 247 g/mol. The van der Waals surface area contributed by atoms with Crippen molar-refractivity contribution < 1.29 is 0 Å². The summed E-state index contributed by atoms with van der Waals surface area (Å²) in [4.78, 5) is 8.33. The zero-order valence-corrected chi connectivity index (χ0v) is 11.5. The Kier molecular flexibility index (Phi) is 3.42. The van der Waals surface area contributed by atoms with E-state index >= 15 is 0 Å². The summed E-state index contributed by atoms with van der Waals surface area (Å²) in [5, 5.41) is 3.43. The number of aromatic nitrogens is 2. The fourth-order valence-electron chi connectivity index (χ4n) is 3.72. The fourth-order valence-corrected chi connectivity index (χ4v) is 3.72. The highest BCUT2D eigenvalue weighted by Crippen LogP contribution is 2.47. The number of nitrogens with one attached hydrogen (secondary N) is 2. The van der Waals surface area contributed by atoms with Gasteiger partial charge in [-0.25, -0.2) is 4.98 Å². The predicted octanol–water partition coefficient (Wildman–Crippen LogP) is 2.96. The molecule has 0 radical (unpaired) electrons. The lowest BCUT2D eigenvalue weighted by molar-refractivity contribution is 0.251. The molecule has 3 nitrogen and oxygen atoms in total. The first kappa shape index (κ1) is 12.2. The number of fused-ring (bicyclic) bond motifs is 1. The Morgan fingerprint density at radius 2 is 2.11 bits per heavy atom. The molecule has 1 aromatic rings. The van der Waals surface area contributed by atoms with Crippen LogP contribution in [0.1, 0.15) is 62.7 Å². The molecule has 0 amide bonds. The van der Waals surface area contributed by atoms with Crippen molar-refractivity contribution in [2.24, 2.45) is 5.41 Å². The number of hydrogen-bond donors (Lipinski definition) is 2. The predicted molar refractivity (Wildman–Crippen MR) is 73.5 cm³/mol. The van der Waals surface area contributed by atoms with Crippen molar-refractivity contribution in [1.29, 1.82) is 0 Å². The molecule has 100 valence electrons. The standard InChI is InChI=1S/C15H25N3/c1-2-9-16-11-14-17-12-5-8-15(6-3-4-7-15)10-13(12)18-14/h16H,2-11H2,1H3,(H,17,18). The van der Waals surface area contributed by atoms with E-state index in [1.165, 1.54) is 62.8 Å². The van der Waals surface area contributed by atoms with Crippen molar-refractivity contribution >= 4 is 0 Å². The second-order valence-electron chi connectivity index (χ2n) is 6.17. The molecule has 18 heavy (non-hydrogen) atoms. The summed E-state index contributed by atoms with van der Waals surface area (Å²) in [6.45, 7) is 4.17. The van der Waals surface area contributed by atoms with Gasteiger partial charge in [-0.2, -0.15) is 0 Å². The number of imidazole rings is 1. The number of hydrogen-bond acceptors (Lipinski definition) is 2. The van der Waals surface area contributed by atoms with Crippen molar-refractivity contribution in [1.82, 2.24) is 15.3 Å². The Hall–Kier alpha value is -0.830. The van der Waals surface area contributed by atoms with Gasteiger partial charge < -0.3 is 10.3 Å². The lowest BCUT2D eigenvalue weighted by atomic mass is 9.73. The second-order valence-corrected chi connectivity index (χ2v) is 6.17. The molecule has 0 saturated heterocycles. The Morgan fingerprint density at radius 3 is 2.89 bits per heavy atom. The maximum Gasteiger partial charge on any atom is 0.120 e. The molecular weight excluding hydrogens is 222 g/mol. The van der Waals surface area contributed by atoms with Crippen LogP contribution in [0.2, 0.25) is 0 Å². The van der Waals surface area contributed by atoms with E-state index in [1.807, 2.05) is 0 Å². The van der Waals surface area contributed by atoms with Crippen LogP contribution < -0.4 is 5.32 Å². The topological polar surface area (TPSA) is 40.7 Å². The molecule has 0 atom stereocenters. The van der Waals surface area contributed by atoms with Crippen LogP contribution in [0.3, 0.4) is 0 Å². The van der Waals surface area contributed by atoms with Gasteiger partial charge in [-0.1, -0.05) is 19.8 Å². The SMILES string of the molecule is CCCNCc1nc2c([nH]1)CC1(CCCC1)CC2. The minimum Gasteiger partial charge on any atom is -0.345 e. The molecule has 1 spiro atoms. The van der Waals surface area contributed by atoms with Gasteiger partial charge in [0, 0.05) is 5.69 Å². The number of aromatic amines is 1. The van der Waals surface area contributed by atoms with Crippen LogP contribution in [0.15, 0.2) is 0 Å². The van der Waals surface area contributed by atoms with Crippen LogP contribution in [0, 0.1) is 5.41 Å². The molecule has 0 aliphatic heterocycles. The van der Waals surface area contributed by atoms with Gasteiger partial charge in [0.25, 0.3) is 0 Å². The van der Waals surface area contributed by atoms with Gasteiger partial charge in [0.15, 0.2) is 0 Å². The van der Waals surface area contributed by atoms with Gasteiger partial charge in [0.05, 0.1) is 12.2 Å². The third kappa shape index (κ3) is 2.33. The Balaban J connectivity index is 1.68. The number of aryl methyl sites for hydroxylation is 1. The number of nitrogens with zero attached hydrogens (tertiary/aromatic N) is 1. The first-order chi connectivity index (χ1) is 8.81. The Labute approximate surface area is 110 Å². The van der Waals surface area contributed by atoms with Crippen molar-refractivity contribution in [2.45, 2.75) is 64.8 Å². The summed E-state index contributed by atoms with van der Waals surface area (Å²) >= 11 is 0.